The van der Waals surface area contributed by atoms with Crippen LogP contribution in [0.3, 0.4) is 0 Å². The van der Waals surface area contributed by atoms with Crippen molar-refractivity contribution in [3.63, 3.8) is 0 Å². The van der Waals surface area contributed by atoms with Gasteiger partial charge in [0.25, 0.3) is 0 Å². The topological polar surface area (TPSA) is 48.2 Å². The summed E-state index contributed by atoms with van der Waals surface area (Å²) in [6, 6.07) is 0.377. The highest BCUT2D eigenvalue weighted by molar-refractivity contribution is 5.79. The number of esters is 1. The molecular formula is C7H13NO2. The molecule has 0 bridgehead atoms. The Bertz CT molecular complexity index is 136. The maximum Gasteiger partial charge on any atom is 0.324 e. The van der Waals surface area contributed by atoms with Crippen LogP contribution in [-0.2, 0) is 9.53 Å². The van der Waals surface area contributed by atoms with Crippen molar-refractivity contribution in [2.24, 2.45) is 0 Å². The van der Waals surface area contributed by atoms with Gasteiger partial charge in [0, 0.05) is 6.04 Å². The molecule has 3 nitrogen and oxygen atoms in total. The van der Waals surface area contributed by atoms with Crippen LogP contribution >= 0.6 is 0 Å². The summed E-state index contributed by atoms with van der Waals surface area (Å²) >= 11 is 0. The SMILES string of the molecule is CCC[C@@H]1N[C@@H]1C(=O)OC. The molecule has 58 valence electrons. The summed E-state index contributed by atoms with van der Waals surface area (Å²) in [4.78, 5) is 10.8. The molecule has 0 saturated carbocycles. The molecule has 0 unspecified atom stereocenters. The third-order valence-corrected chi connectivity index (χ3v) is 1.74. The molecule has 0 spiro atoms. The molecule has 1 heterocycles. The largest absolute Gasteiger partial charge is 0.468 e. The van der Waals surface area contributed by atoms with Crippen LogP contribution in [0.4, 0.5) is 0 Å². The monoisotopic (exact) mass is 143 g/mol. The lowest BCUT2D eigenvalue weighted by Gasteiger charge is -1.92. The molecule has 0 amide bonds. The third kappa shape index (κ3) is 1.48. The molecule has 1 saturated heterocycles. The number of methoxy groups -OCH3 is 1. The predicted molar refractivity (Wildman–Crippen MR) is 37.6 cm³/mol. The van der Waals surface area contributed by atoms with E-state index in [2.05, 4.69) is 17.0 Å². The highest BCUT2D eigenvalue weighted by Crippen LogP contribution is 2.17. The molecule has 1 rings (SSSR count). The molecule has 1 aliphatic heterocycles. The zero-order chi connectivity index (χ0) is 7.56. The van der Waals surface area contributed by atoms with Crippen LogP contribution in [0.15, 0.2) is 0 Å². The first kappa shape index (κ1) is 7.54. The van der Waals surface area contributed by atoms with E-state index in [1.807, 2.05) is 0 Å². The highest BCUT2D eigenvalue weighted by Gasteiger charge is 2.41. The zero-order valence-corrected chi connectivity index (χ0v) is 6.39. The highest BCUT2D eigenvalue weighted by atomic mass is 16.5. The molecule has 0 aromatic carbocycles. The summed E-state index contributed by atoms with van der Waals surface area (Å²) < 4.78 is 4.55. The standard InChI is InChI=1S/C7H13NO2/c1-3-4-5-6(8-5)7(9)10-2/h5-6,8H,3-4H2,1-2H3/t5-,6-/m0/s1. The molecule has 2 atom stereocenters. The van der Waals surface area contributed by atoms with Gasteiger partial charge in [0.05, 0.1) is 7.11 Å². The lowest BCUT2D eigenvalue weighted by Crippen LogP contribution is -2.12. The number of ether oxygens (including phenoxy) is 1. The van der Waals surface area contributed by atoms with Crippen LogP contribution < -0.4 is 5.32 Å². The van der Waals surface area contributed by atoms with Gasteiger partial charge in [-0.1, -0.05) is 13.3 Å². The first-order valence-corrected chi connectivity index (χ1v) is 3.63. The third-order valence-electron chi connectivity index (χ3n) is 1.74. The van der Waals surface area contributed by atoms with Gasteiger partial charge in [-0.2, -0.15) is 0 Å². The minimum atomic E-state index is -0.126. The van der Waals surface area contributed by atoms with Crippen molar-refractivity contribution >= 4 is 5.97 Å². The van der Waals surface area contributed by atoms with Crippen LogP contribution in [-0.4, -0.2) is 25.2 Å². The van der Waals surface area contributed by atoms with Gasteiger partial charge in [-0.25, -0.2) is 0 Å². The van der Waals surface area contributed by atoms with Crippen molar-refractivity contribution in [2.75, 3.05) is 7.11 Å². The summed E-state index contributed by atoms with van der Waals surface area (Å²) in [5.74, 6) is -0.126. The average Bonchev–Trinajstić information content (AvgIpc) is 2.67. The number of hydrogen-bond acceptors (Lipinski definition) is 3. The van der Waals surface area contributed by atoms with E-state index in [-0.39, 0.29) is 12.0 Å². The molecule has 0 radical (unpaired) electrons. The van der Waals surface area contributed by atoms with Crippen LogP contribution in [0.2, 0.25) is 0 Å². The molecule has 1 fully saturated rings. The van der Waals surface area contributed by atoms with E-state index in [1.54, 1.807) is 0 Å². The maximum atomic E-state index is 10.8. The van der Waals surface area contributed by atoms with Crippen molar-refractivity contribution in [3.05, 3.63) is 0 Å². The van der Waals surface area contributed by atoms with Gasteiger partial charge in [-0.05, 0) is 6.42 Å². The number of carbonyl (C=O) groups is 1. The second-order valence-electron chi connectivity index (χ2n) is 2.56. The van der Waals surface area contributed by atoms with Gasteiger partial charge < -0.3 is 4.74 Å². The van der Waals surface area contributed by atoms with Crippen molar-refractivity contribution in [1.82, 2.24) is 5.32 Å². The Balaban J connectivity index is 2.18. The Morgan fingerprint density at radius 2 is 2.40 bits per heavy atom. The Morgan fingerprint density at radius 3 is 2.90 bits per heavy atom. The number of hydrogen-bond donors (Lipinski definition) is 1. The fourth-order valence-corrected chi connectivity index (χ4v) is 1.10. The van der Waals surface area contributed by atoms with E-state index in [9.17, 15) is 4.79 Å². The van der Waals surface area contributed by atoms with Crippen LogP contribution in [0.1, 0.15) is 19.8 Å². The summed E-state index contributed by atoms with van der Waals surface area (Å²) in [6.45, 7) is 2.11. The van der Waals surface area contributed by atoms with Gasteiger partial charge in [0.15, 0.2) is 0 Å². The van der Waals surface area contributed by atoms with Gasteiger partial charge >= 0.3 is 5.97 Å². The van der Waals surface area contributed by atoms with E-state index in [0.717, 1.165) is 12.8 Å². The van der Waals surface area contributed by atoms with E-state index < -0.39 is 0 Å². The average molecular weight is 143 g/mol. The molecule has 0 aliphatic carbocycles. The van der Waals surface area contributed by atoms with Crippen molar-refractivity contribution in [2.45, 2.75) is 31.8 Å². The van der Waals surface area contributed by atoms with Gasteiger partial charge in [0.1, 0.15) is 6.04 Å². The smallest absolute Gasteiger partial charge is 0.324 e. The van der Waals surface area contributed by atoms with E-state index in [1.165, 1.54) is 7.11 Å². The van der Waals surface area contributed by atoms with Gasteiger partial charge in [0.2, 0.25) is 0 Å². The fraction of sp³-hybridized carbons (Fsp3) is 0.857. The number of carbonyl (C=O) groups excluding carboxylic acids is 1. The summed E-state index contributed by atoms with van der Waals surface area (Å²) in [6.07, 6.45) is 2.19. The van der Waals surface area contributed by atoms with Gasteiger partial charge in [-0.3, -0.25) is 10.1 Å². The molecule has 0 aromatic rings. The molecule has 0 aromatic heterocycles. The number of rotatable bonds is 3. The molecule has 1 aliphatic rings. The van der Waals surface area contributed by atoms with Gasteiger partial charge in [-0.15, -0.1) is 0 Å². The van der Waals surface area contributed by atoms with E-state index >= 15 is 0 Å². The van der Waals surface area contributed by atoms with Crippen molar-refractivity contribution < 1.29 is 9.53 Å². The van der Waals surface area contributed by atoms with E-state index in [4.69, 9.17) is 0 Å². The van der Waals surface area contributed by atoms with Crippen LogP contribution in [0.25, 0.3) is 0 Å². The first-order chi connectivity index (χ1) is 4.79. The minimum Gasteiger partial charge on any atom is -0.468 e. The summed E-state index contributed by atoms with van der Waals surface area (Å²) in [5.41, 5.74) is 0. The van der Waals surface area contributed by atoms with Crippen molar-refractivity contribution in [1.29, 1.82) is 0 Å². The second-order valence-corrected chi connectivity index (χ2v) is 2.56. The van der Waals surface area contributed by atoms with Crippen LogP contribution in [0, 0.1) is 0 Å². The fourth-order valence-electron chi connectivity index (χ4n) is 1.10. The molecule has 1 N–H and O–H groups in total. The molecule has 10 heavy (non-hydrogen) atoms. The Hall–Kier alpha value is -0.570. The maximum absolute atomic E-state index is 10.8. The minimum absolute atomic E-state index is 0.00931. The van der Waals surface area contributed by atoms with E-state index in [0.29, 0.717) is 6.04 Å². The zero-order valence-electron chi connectivity index (χ0n) is 6.39. The lowest BCUT2D eigenvalue weighted by atomic mass is 10.2. The van der Waals surface area contributed by atoms with Crippen molar-refractivity contribution in [3.8, 4) is 0 Å². The summed E-state index contributed by atoms with van der Waals surface area (Å²) in [7, 11) is 1.42. The Labute approximate surface area is 60.7 Å². The van der Waals surface area contributed by atoms with Crippen LogP contribution in [0.5, 0.6) is 0 Å². The lowest BCUT2D eigenvalue weighted by molar-refractivity contribution is -0.140. The second kappa shape index (κ2) is 3.01. The summed E-state index contributed by atoms with van der Waals surface area (Å²) in [5, 5.41) is 3.05. The first-order valence-electron chi connectivity index (χ1n) is 3.63. The predicted octanol–water partition coefficient (Wildman–Crippen LogP) is 0.300. The normalized spacial score (nSPS) is 29.8. The Morgan fingerprint density at radius 1 is 1.70 bits per heavy atom. The molecular weight excluding hydrogens is 130 g/mol. The Kier molecular flexibility index (Phi) is 2.27. The number of nitrogens with one attached hydrogen (secondary N) is 1. The quantitative estimate of drug-likeness (QED) is 0.456. The molecule has 3 heteroatoms.